The highest BCUT2D eigenvalue weighted by atomic mass is 35.5. The van der Waals surface area contributed by atoms with Crippen LogP contribution in [0, 0.1) is 13.8 Å². The second-order valence-electron chi connectivity index (χ2n) is 5.14. The quantitative estimate of drug-likeness (QED) is 0.651. The highest BCUT2D eigenvalue weighted by Gasteiger charge is 2.12. The average molecular weight is 285 g/mol. The second kappa shape index (κ2) is 5.29. The van der Waals surface area contributed by atoms with E-state index in [-0.39, 0.29) is 0 Å². The summed E-state index contributed by atoms with van der Waals surface area (Å²) >= 11 is 5.93. The molecule has 0 fully saturated rings. The maximum atomic E-state index is 5.93. The Kier molecular flexibility index (Phi) is 3.49. The topological polar surface area (TPSA) is 17.8 Å². The van der Waals surface area contributed by atoms with E-state index in [1.807, 2.05) is 18.2 Å². The number of benzene rings is 2. The van der Waals surface area contributed by atoms with Gasteiger partial charge in [-0.2, -0.15) is 0 Å². The summed E-state index contributed by atoms with van der Waals surface area (Å²) in [6, 6.07) is 14.8. The van der Waals surface area contributed by atoms with Crippen molar-refractivity contribution < 1.29 is 0 Å². The van der Waals surface area contributed by atoms with Gasteiger partial charge in [-0.15, -0.1) is 11.6 Å². The molecule has 2 aromatic carbocycles. The van der Waals surface area contributed by atoms with E-state index >= 15 is 0 Å². The highest BCUT2D eigenvalue weighted by Crippen LogP contribution is 2.23. The van der Waals surface area contributed by atoms with E-state index in [1.165, 1.54) is 11.1 Å². The number of halogens is 1. The van der Waals surface area contributed by atoms with Crippen LogP contribution in [0.15, 0.2) is 42.5 Å². The van der Waals surface area contributed by atoms with Gasteiger partial charge in [0.2, 0.25) is 0 Å². The molecule has 0 N–H and O–H groups in total. The molecule has 102 valence electrons. The minimum Gasteiger partial charge on any atom is -0.296 e. The summed E-state index contributed by atoms with van der Waals surface area (Å²) in [6.07, 6.45) is 0.767. The summed E-state index contributed by atoms with van der Waals surface area (Å²) < 4.78 is 2.22. The maximum absolute atomic E-state index is 5.93. The second-order valence-corrected chi connectivity index (χ2v) is 5.52. The Morgan fingerprint density at radius 3 is 2.45 bits per heavy atom. The molecule has 0 aliphatic rings. The van der Waals surface area contributed by atoms with Crippen LogP contribution in [0.2, 0.25) is 0 Å². The third kappa shape index (κ3) is 2.32. The van der Waals surface area contributed by atoms with Gasteiger partial charge in [0, 0.05) is 18.0 Å². The van der Waals surface area contributed by atoms with E-state index in [1.54, 1.807) is 0 Å². The fourth-order valence-electron chi connectivity index (χ4n) is 2.70. The van der Waals surface area contributed by atoms with Gasteiger partial charge in [-0.05, 0) is 49.2 Å². The van der Waals surface area contributed by atoms with Gasteiger partial charge in [0.05, 0.1) is 11.0 Å². The summed E-state index contributed by atoms with van der Waals surface area (Å²) in [6.45, 7) is 4.24. The summed E-state index contributed by atoms with van der Waals surface area (Å²) in [5.41, 5.74) is 5.84. The summed E-state index contributed by atoms with van der Waals surface area (Å²) in [5, 5.41) is 0. The molecule has 3 heteroatoms. The first-order valence-electron chi connectivity index (χ1n) is 6.80. The van der Waals surface area contributed by atoms with Gasteiger partial charge >= 0.3 is 0 Å². The molecule has 20 heavy (non-hydrogen) atoms. The normalized spacial score (nSPS) is 11.2. The number of fused-ring (bicyclic) bond motifs is 1. The van der Waals surface area contributed by atoms with Crippen molar-refractivity contribution in [1.82, 2.24) is 9.55 Å². The number of hydrogen-bond donors (Lipinski definition) is 0. The fraction of sp³-hybridized carbons (Fsp3) is 0.235. The van der Waals surface area contributed by atoms with Crippen LogP contribution >= 0.6 is 11.6 Å². The number of aryl methyl sites for hydroxylation is 3. The SMILES string of the molecule is Cc1cc(C)cc(-n2c(CCCl)nc3ccccc32)c1. The molecule has 0 aliphatic carbocycles. The first-order valence-corrected chi connectivity index (χ1v) is 7.33. The summed E-state index contributed by atoms with van der Waals surface area (Å²) in [5.74, 6) is 1.60. The van der Waals surface area contributed by atoms with Gasteiger partial charge < -0.3 is 0 Å². The summed E-state index contributed by atoms with van der Waals surface area (Å²) in [7, 11) is 0. The van der Waals surface area contributed by atoms with E-state index < -0.39 is 0 Å². The number of rotatable bonds is 3. The van der Waals surface area contributed by atoms with E-state index in [0.717, 1.165) is 29.0 Å². The Labute approximate surface area is 124 Å². The van der Waals surface area contributed by atoms with Crippen molar-refractivity contribution in [3.8, 4) is 5.69 Å². The molecule has 0 spiro atoms. The number of aromatic nitrogens is 2. The smallest absolute Gasteiger partial charge is 0.115 e. The van der Waals surface area contributed by atoms with Crippen LogP contribution in [0.1, 0.15) is 17.0 Å². The molecular weight excluding hydrogens is 268 g/mol. The van der Waals surface area contributed by atoms with E-state index in [9.17, 15) is 0 Å². The number of para-hydroxylation sites is 2. The van der Waals surface area contributed by atoms with Crippen molar-refractivity contribution in [3.63, 3.8) is 0 Å². The number of nitrogens with zero attached hydrogens (tertiary/aromatic N) is 2. The van der Waals surface area contributed by atoms with Crippen molar-refractivity contribution in [1.29, 1.82) is 0 Å². The maximum Gasteiger partial charge on any atom is 0.115 e. The molecule has 2 nitrogen and oxygen atoms in total. The van der Waals surface area contributed by atoms with E-state index in [0.29, 0.717) is 5.88 Å². The zero-order valence-electron chi connectivity index (χ0n) is 11.7. The molecule has 0 bridgehead atoms. The van der Waals surface area contributed by atoms with Crippen molar-refractivity contribution in [3.05, 3.63) is 59.4 Å². The van der Waals surface area contributed by atoms with Gasteiger partial charge in [-0.3, -0.25) is 4.57 Å². The Hall–Kier alpha value is -1.80. The van der Waals surface area contributed by atoms with Crippen LogP contribution in [0.4, 0.5) is 0 Å². The lowest BCUT2D eigenvalue weighted by Gasteiger charge is -2.10. The predicted molar refractivity (Wildman–Crippen MR) is 85.0 cm³/mol. The summed E-state index contributed by atoms with van der Waals surface area (Å²) in [4.78, 5) is 4.72. The Morgan fingerprint density at radius 1 is 1.05 bits per heavy atom. The van der Waals surface area contributed by atoms with Crippen LogP contribution in [-0.4, -0.2) is 15.4 Å². The van der Waals surface area contributed by atoms with Crippen LogP contribution in [0.5, 0.6) is 0 Å². The zero-order valence-corrected chi connectivity index (χ0v) is 12.5. The minimum absolute atomic E-state index is 0.577. The van der Waals surface area contributed by atoms with Gasteiger partial charge in [0.15, 0.2) is 0 Å². The Morgan fingerprint density at radius 2 is 1.75 bits per heavy atom. The fourth-order valence-corrected chi connectivity index (χ4v) is 2.86. The molecule has 1 aromatic heterocycles. The molecule has 0 amide bonds. The lowest BCUT2D eigenvalue weighted by molar-refractivity contribution is 0.910. The van der Waals surface area contributed by atoms with Gasteiger partial charge in [-0.25, -0.2) is 4.98 Å². The molecule has 3 aromatic rings. The number of hydrogen-bond acceptors (Lipinski definition) is 1. The average Bonchev–Trinajstić information content (AvgIpc) is 2.76. The lowest BCUT2D eigenvalue weighted by Crippen LogP contribution is -2.03. The molecule has 0 aliphatic heterocycles. The molecule has 0 unspecified atom stereocenters. The minimum atomic E-state index is 0.577. The monoisotopic (exact) mass is 284 g/mol. The first-order chi connectivity index (χ1) is 9.69. The third-order valence-electron chi connectivity index (χ3n) is 3.41. The van der Waals surface area contributed by atoms with Gasteiger partial charge in [0.25, 0.3) is 0 Å². The van der Waals surface area contributed by atoms with Crippen molar-refractivity contribution >= 4 is 22.6 Å². The largest absolute Gasteiger partial charge is 0.296 e. The van der Waals surface area contributed by atoms with Crippen LogP contribution < -0.4 is 0 Å². The molecular formula is C17H17ClN2. The van der Waals surface area contributed by atoms with Crippen molar-refractivity contribution in [2.75, 3.05) is 5.88 Å². The predicted octanol–water partition coefficient (Wildman–Crippen LogP) is 4.42. The Balaban J connectivity index is 2.29. The molecule has 0 saturated carbocycles. The third-order valence-corrected chi connectivity index (χ3v) is 3.60. The first kappa shape index (κ1) is 13.2. The zero-order chi connectivity index (χ0) is 14.1. The number of alkyl halides is 1. The van der Waals surface area contributed by atoms with E-state index in [2.05, 4.69) is 42.7 Å². The van der Waals surface area contributed by atoms with Crippen LogP contribution in [-0.2, 0) is 6.42 Å². The lowest BCUT2D eigenvalue weighted by atomic mass is 10.1. The molecule has 0 radical (unpaired) electrons. The molecule has 3 rings (SSSR count). The molecule has 0 atom stereocenters. The van der Waals surface area contributed by atoms with Crippen molar-refractivity contribution in [2.24, 2.45) is 0 Å². The van der Waals surface area contributed by atoms with Gasteiger partial charge in [-0.1, -0.05) is 18.2 Å². The van der Waals surface area contributed by atoms with Crippen LogP contribution in [0.25, 0.3) is 16.7 Å². The van der Waals surface area contributed by atoms with E-state index in [4.69, 9.17) is 16.6 Å². The molecule has 1 heterocycles. The van der Waals surface area contributed by atoms with Gasteiger partial charge in [0.1, 0.15) is 5.82 Å². The van der Waals surface area contributed by atoms with Crippen LogP contribution in [0.3, 0.4) is 0 Å². The highest BCUT2D eigenvalue weighted by molar-refractivity contribution is 6.17. The molecule has 0 saturated heterocycles. The number of imidazole rings is 1. The standard InChI is InChI=1S/C17H17ClN2/c1-12-9-13(2)11-14(10-12)20-16-6-4-3-5-15(16)19-17(20)7-8-18/h3-6,9-11H,7-8H2,1-2H3. The van der Waals surface area contributed by atoms with Crippen molar-refractivity contribution in [2.45, 2.75) is 20.3 Å². The Bertz CT molecular complexity index is 739.